The van der Waals surface area contributed by atoms with Crippen LogP contribution in [-0.4, -0.2) is 36.9 Å². The normalized spacial score (nSPS) is 16.4. The van der Waals surface area contributed by atoms with Gasteiger partial charge in [0, 0.05) is 0 Å². The summed E-state index contributed by atoms with van der Waals surface area (Å²) in [6.07, 6.45) is 1.67. The predicted molar refractivity (Wildman–Crippen MR) is 119 cm³/mol. The SMILES string of the molecule is COC(=O)C1(c2ccc([B]OC(C)(C)C(C)(C)O)cc2C(C(C)C)C(C)C)CC1. The van der Waals surface area contributed by atoms with Crippen molar-refractivity contribution in [3.05, 3.63) is 29.3 Å². The molecule has 29 heavy (non-hydrogen) atoms. The molecule has 0 heterocycles. The zero-order chi connectivity index (χ0) is 22.2. The van der Waals surface area contributed by atoms with Gasteiger partial charge in [0.05, 0.1) is 23.7 Å². The zero-order valence-corrected chi connectivity index (χ0v) is 19.6. The molecule has 0 bridgehead atoms. The van der Waals surface area contributed by atoms with Gasteiger partial charge in [-0.05, 0) is 69.4 Å². The molecule has 0 unspecified atom stereocenters. The van der Waals surface area contributed by atoms with Crippen molar-refractivity contribution in [2.75, 3.05) is 7.11 Å². The van der Waals surface area contributed by atoms with E-state index in [0.29, 0.717) is 17.8 Å². The molecule has 1 aromatic carbocycles. The van der Waals surface area contributed by atoms with Crippen molar-refractivity contribution in [2.45, 2.75) is 90.8 Å². The molecule has 0 spiro atoms. The molecule has 2 rings (SSSR count). The van der Waals surface area contributed by atoms with Gasteiger partial charge in [0.25, 0.3) is 0 Å². The third-order valence-electron chi connectivity index (χ3n) is 6.68. The van der Waals surface area contributed by atoms with Crippen LogP contribution in [0.15, 0.2) is 18.2 Å². The van der Waals surface area contributed by atoms with Gasteiger partial charge in [0.1, 0.15) is 0 Å². The molecule has 1 fully saturated rings. The third-order valence-corrected chi connectivity index (χ3v) is 6.68. The first-order valence-corrected chi connectivity index (χ1v) is 10.7. The Hall–Kier alpha value is -1.33. The lowest BCUT2D eigenvalue weighted by Crippen LogP contribution is -2.49. The Morgan fingerprint density at radius 2 is 1.66 bits per heavy atom. The molecular formula is C24H38BO4. The van der Waals surface area contributed by atoms with Crippen LogP contribution in [0.2, 0.25) is 0 Å². The fourth-order valence-corrected chi connectivity index (χ4v) is 4.12. The minimum absolute atomic E-state index is 0.138. The van der Waals surface area contributed by atoms with Gasteiger partial charge < -0.3 is 14.5 Å². The van der Waals surface area contributed by atoms with Crippen LogP contribution in [0.5, 0.6) is 0 Å². The van der Waals surface area contributed by atoms with E-state index in [2.05, 4.69) is 39.8 Å². The van der Waals surface area contributed by atoms with E-state index in [1.807, 2.05) is 19.9 Å². The number of ether oxygens (including phenoxy) is 1. The highest BCUT2D eigenvalue weighted by molar-refractivity contribution is 6.47. The van der Waals surface area contributed by atoms with Crippen LogP contribution < -0.4 is 5.46 Å². The molecule has 0 aromatic heterocycles. The zero-order valence-electron chi connectivity index (χ0n) is 19.6. The maximum Gasteiger partial charge on any atom is 0.330 e. The van der Waals surface area contributed by atoms with Crippen molar-refractivity contribution in [1.29, 1.82) is 0 Å². The van der Waals surface area contributed by atoms with Crippen LogP contribution in [0.1, 0.15) is 85.3 Å². The van der Waals surface area contributed by atoms with Gasteiger partial charge in [-0.2, -0.15) is 0 Å². The minimum atomic E-state index is -0.979. The van der Waals surface area contributed by atoms with Crippen LogP contribution in [-0.2, 0) is 19.6 Å². The highest BCUT2D eigenvalue weighted by atomic mass is 16.5. The molecular weight excluding hydrogens is 363 g/mol. The Bertz CT molecular complexity index is 719. The van der Waals surface area contributed by atoms with Crippen molar-refractivity contribution in [3.8, 4) is 0 Å². The number of carbonyl (C=O) groups is 1. The lowest BCUT2D eigenvalue weighted by atomic mass is 9.72. The molecule has 0 atom stereocenters. The molecule has 0 amide bonds. The van der Waals surface area contributed by atoms with Crippen LogP contribution in [0.4, 0.5) is 0 Å². The highest BCUT2D eigenvalue weighted by Crippen LogP contribution is 2.52. The topological polar surface area (TPSA) is 55.8 Å². The van der Waals surface area contributed by atoms with Gasteiger partial charge in [-0.15, -0.1) is 0 Å². The summed E-state index contributed by atoms with van der Waals surface area (Å²) in [4.78, 5) is 12.6. The highest BCUT2D eigenvalue weighted by Gasteiger charge is 2.54. The van der Waals surface area contributed by atoms with E-state index in [4.69, 9.17) is 9.39 Å². The standard InChI is InChI=1S/C24H38BO4/c1-15(2)20(16(3)4)18-14-17(25-29-23(7,8)22(5,6)27)10-11-19(18)24(12-13-24)21(26)28-9/h10-11,14-16,20,27H,12-13H2,1-9H3. The van der Waals surface area contributed by atoms with E-state index >= 15 is 0 Å². The number of rotatable bonds is 9. The molecule has 1 aliphatic carbocycles. The quantitative estimate of drug-likeness (QED) is 0.500. The predicted octanol–water partition coefficient (Wildman–Crippen LogP) is 4.10. The Balaban J connectivity index is 2.46. The molecule has 1 radical (unpaired) electrons. The maximum absolute atomic E-state index is 12.6. The van der Waals surface area contributed by atoms with Crippen LogP contribution in [0.25, 0.3) is 0 Å². The summed E-state index contributed by atoms with van der Waals surface area (Å²) in [5.74, 6) is 1.06. The van der Waals surface area contributed by atoms with Crippen LogP contribution in [0.3, 0.4) is 0 Å². The Kier molecular flexibility index (Phi) is 6.96. The molecule has 0 saturated heterocycles. The Labute approximate surface area is 177 Å². The van der Waals surface area contributed by atoms with E-state index in [1.54, 1.807) is 21.3 Å². The molecule has 0 aliphatic heterocycles. The average Bonchev–Trinajstić information content (AvgIpc) is 3.39. The van der Waals surface area contributed by atoms with E-state index < -0.39 is 16.6 Å². The van der Waals surface area contributed by atoms with Gasteiger partial charge in [-0.3, -0.25) is 4.79 Å². The van der Waals surface area contributed by atoms with Crippen LogP contribution >= 0.6 is 0 Å². The van der Waals surface area contributed by atoms with E-state index in [0.717, 1.165) is 23.9 Å². The van der Waals surface area contributed by atoms with Gasteiger partial charge in [0.2, 0.25) is 0 Å². The number of hydrogen-bond acceptors (Lipinski definition) is 4. The maximum atomic E-state index is 12.6. The largest absolute Gasteiger partial charge is 0.468 e. The van der Waals surface area contributed by atoms with Crippen molar-refractivity contribution in [3.63, 3.8) is 0 Å². The van der Waals surface area contributed by atoms with Gasteiger partial charge in [0.15, 0.2) is 0 Å². The van der Waals surface area contributed by atoms with E-state index in [9.17, 15) is 9.90 Å². The minimum Gasteiger partial charge on any atom is -0.468 e. The van der Waals surface area contributed by atoms with Crippen molar-refractivity contribution in [2.24, 2.45) is 11.8 Å². The molecule has 1 saturated carbocycles. The van der Waals surface area contributed by atoms with Gasteiger partial charge in [-0.25, -0.2) is 0 Å². The summed E-state index contributed by atoms with van der Waals surface area (Å²) in [6, 6.07) is 6.23. The summed E-state index contributed by atoms with van der Waals surface area (Å²) in [5, 5.41) is 10.4. The van der Waals surface area contributed by atoms with Gasteiger partial charge in [-0.1, -0.05) is 51.4 Å². The molecule has 161 valence electrons. The molecule has 4 nitrogen and oxygen atoms in total. The van der Waals surface area contributed by atoms with Crippen LogP contribution in [0, 0.1) is 11.8 Å². The smallest absolute Gasteiger partial charge is 0.330 e. The van der Waals surface area contributed by atoms with Gasteiger partial charge >= 0.3 is 13.5 Å². The number of esters is 1. The number of benzene rings is 1. The fourth-order valence-electron chi connectivity index (χ4n) is 4.12. The fraction of sp³-hybridized carbons (Fsp3) is 0.708. The summed E-state index contributed by atoms with van der Waals surface area (Å²) >= 11 is 0. The summed E-state index contributed by atoms with van der Waals surface area (Å²) in [6.45, 7) is 16.2. The van der Waals surface area contributed by atoms with Crippen molar-refractivity contribution < 1.29 is 19.3 Å². The van der Waals surface area contributed by atoms with Crippen molar-refractivity contribution in [1.82, 2.24) is 0 Å². The molecule has 1 N–H and O–H groups in total. The second kappa shape index (κ2) is 8.43. The number of aliphatic hydroxyl groups is 1. The Morgan fingerprint density at radius 1 is 1.10 bits per heavy atom. The lowest BCUT2D eigenvalue weighted by Gasteiger charge is -2.37. The first-order chi connectivity index (χ1) is 13.3. The number of methoxy groups -OCH3 is 1. The first kappa shape index (κ1) is 23.9. The molecule has 1 aliphatic rings. The van der Waals surface area contributed by atoms with E-state index in [1.165, 1.54) is 12.7 Å². The molecule has 1 aromatic rings. The molecule has 5 heteroatoms. The second-order valence-corrected chi connectivity index (χ2v) is 10.2. The average molecular weight is 401 g/mol. The van der Waals surface area contributed by atoms with Crippen molar-refractivity contribution >= 4 is 18.9 Å². The monoisotopic (exact) mass is 401 g/mol. The Morgan fingerprint density at radius 3 is 2.07 bits per heavy atom. The van der Waals surface area contributed by atoms with E-state index in [-0.39, 0.29) is 5.97 Å². The summed E-state index contributed by atoms with van der Waals surface area (Å²) in [7, 11) is 3.19. The summed E-state index contributed by atoms with van der Waals surface area (Å²) in [5.41, 5.74) is 1.02. The number of carbonyl (C=O) groups excluding carboxylic acids is 1. The second-order valence-electron chi connectivity index (χ2n) is 10.2. The summed E-state index contributed by atoms with van der Waals surface area (Å²) < 4.78 is 11.1. The number of hydrogen-bond donors (Lipinski definition) is 1. The first-order valence-electron chi connectivity index (χ1n) is 10.7. The lowest BCUT2D eigenvalue weighted by molar-refractivity contribution is -0.143. The third kappa shape index (κ3) is 4.88.